The van der Waals surface area contributed by atoms with E-state index in [0.29, 0.717) is 30.4 Å². The van der Waals surface area contributed by atoms with Crippen LogP contribution in [-0.2, 0) is 12.8 Å². The molecule has 0 bridgehead atoms. The molecule has 17 heavy (non-hydrogen) atoms. The molecule has 1 heterocycles. The van der Waals surface area contributed by atoms with Gasteiger partial charge in [0.1, 0.15) is 0 Å². The van der Waals surface area contributed by atoms with Crippen LogP contribution in [0, 0.1) is 11.3 Å². The maximum atomic E-state index is 8.83. The van der Waals surface area contributed by atoms with Crippen molar-refractivity contribution in [2.75, 3.05) is 13.2 Å². The van der Waals surface area contributed by atoms with Gasteiger partial charge < -0.3 is 9.47 Å². The quantitative estimate of drug-likeness (QED) is 0.811. The standard InChI is InChI=1S/C13H14ClNO2/c1-2-10-9(4-5-15)8-11(14)13-12(10)16-6-3-7-17-13/h8H,2-4,6-7H2,1H3. The Labute approximate surface area is 106 Å². The van der Waals surface area contributed by atoms with E-state index in [2.05, 4.69) is 6.07 Å². The highest BCUT2D eigenvalue weighted by molar-refractivity contribution is 6.32. The van der Waals surface area contributed by atoms with Crippen molar-refractivity contribution in [3.63, 3.8) is 0 Å². The van der Waals surface area contributed by atoms with Crippen LogP contribution in [0.3, 0.4) is 0 Å². The predicted octanol–water partition coefficient (Wildman–Crippen LogP) is 3.13. The number of rotatable bonds is 2. The molecule has 0 radical (unpaired) electrons. The van der Waals surface area contributed by atoms with Gasteiger partial charge in [0, 0.05) is 12.0 Å². The minimum Gasteiger partial charge on any atom is -0.489 e. The second kappa shape index (κ2) is 5.29. The van der Waals surface area contributed by atoms with Crippen molar-refractivity contribution >= 4 is 11.6 Å². The number of fused-ring (bicyclic) bond motifs is 1. The third-order valence-corrected chi connectivity index (χ3v) is 3.07. The van der Waals surface area contributed by atoms with E-state index < -0.39 is 0 Å². The Morgan fingerprint density at radius 1 is 1.35 bits per heavy atom. The number of nitrogens with zero attached hydrogens (tertiary/aromatic N) is 1. The zero-order chi connectivity index (χ0) is 12.3. The first-order valence-corrected chi connectivity index (χ1v) is 6.12. The summed E-state index contributed by atoms with van der Waals surface area (Å²) in [5.74, 6) is 1.35. The van der Waals surface area contributed by atoms with Crippen molar-refractivity contribution in [2.24, 2.45) is 0 Å². The predicted molar refractivity (Wildman–Crippen MR) is 65.8 cm³/mol. The maximum absolute atomic E-state index is 8.83. The lowest BCUT2D eigenvalue weighted by atomic mass is 10.0. The summed E-state index contributed by atoms with van der Waals surface area (Å²) in [6, 6.07) is 3.97. The highest BCUT2D eigenvalue weighted by atomic mass is 35.5. The van der Waals surface area contributed by atoms with Crippen LogP contribution < -0.4 is 9.47 Å². The summed E-state index contributed by atoms with van der Waals surface area (Å²) in [5, 5.41) is 9.36. The summed E-state index contributed by atoms with van der Waals surface area (Å²) in [5.41, 5.74) is 1.97. The van der Waals surface area contributed by atoms with Crippen LogP contribution in [-0.4, -0.2) is 13.2 Å². The van der Waals surface area contributed by atoms with Crippen LogP contribution >= 0.6 is 11.6 Å². The number of hydrogen-bond acceptors (Lipinski definition) is 3. The Kier molecular flexibility index (Phi) is 3.75. The molecule has 0 saturated heterocycles. The van der Waals surface area contributed by atoms with Gasteiger partial charge in [-0.05, 0) is 18.1 Å². The van der Waals surface area contributed by atoms with Gasteiger partial charge >= 0.3 is 0 Å². The molecule has 0 saturated carbocycles. The number of nitriles is 1. The molecule has 0 N–H and O–H groups in total. The van der Waals surface area contributed by atoms with E-state index in [0.717, 1.165) is 29.7 Å². The van der Waals surface area contributed by atoms with E-state index in [1.807, 2.05) is 13.0 Å². The first-order chi connectivity index (χ1) is 8.27. The Morgan fingerprint density at radius 2 is 2.06 bits per heavy atom. The van der Waals surface area contributed by atoms with Gasteiger partial charge in [-0.1, -0.05) is 18.5 Å². The smallest absolute Gasteiger partial charge is 0.180 e. The lowest BCUT2D eigenvalue weighted by Crippen LogP contribution is -2.01. The first kappa shape index (κ1) is 12.1. The number of halogens is 1. The van der Waals surface area contributed by atoms with E-state index in [1.165, 1.54) is 0 Å². The van der Waals surface area contributed by atoms with Crippen molar-refractivity contribution < 1.29 is 9.47 Å². The van der Waals surface area contributed by atoms with Crippen molar-refractivity contribution in [1.29, 1.82) is 5.26 Å². The van der Waals surface area contributed by atoms with Gasteiger partial charge in [-0.15, -0.1) is 0 Å². The average molecular weight is 252 g/mol. The minimum atomic E-state index is 0.347. The molecule has 1 aromatic carbocycles. The van der Waals surface area contributed by atoms with Crippen molar-refractivity contribution in [3.05, 3.63) is 22.2 Å². The fraction of sp³-hybridized carbons (Fsp3) is 0.462. The molecule has 1 aliphatic heterocycles. The van der Waals surface area contributed by atoms with E-state index in [9.17, 15) is 0 Å². The van der Waals surface area contributed by atoms with Gasteiger partial charge in [0.05, 0.1) is 30.7 Å². The van der Waals surface area contributed by atoms with Crippen LogP contribution in [0.4, 0.5) is 0 Å². The third-order valence-electron chi connectivity index (χ3n) is 2.79. The molecule has 0 fully saturated rings. The molecule has 1 aromatic rings. The molecular formula is C13H14ClNO2. The number of hydrogen-bond donors (Lipinski definition) is 0. The van der Waals surface area contributed by atoms with E-state index in [4.69, 9.17) is 26.3 Å². The van der Waals surface area contributed by atoms with Crippen molar-refractivity contribution in [2.45, 2.75) is 26.2 Å². The van der Waals surface area contributed by atoms with E-state index in [1.54, 1.807) is 0 Å². The fourth-order valence-corrected chi connectivity index (χ4v) is 2.29. The topological polar surface area (TPSA) is 42.2 Å². The van der Waals surface area contributed by atoms with Gasteiger partial charge in [-0.25, -0.2) is 0 Å². The molecular weight excluding hydrogens is 238 g/mol. The molecule has 0 amide bonds. The van der Waals surface area contributed by atoms with Gasteiger partial charge in [0.15, 0.2) is 11.5 Å². The summed E-state index contributed by atoms with van der Waals surface area (Å²) >= 11 is 6.17. The van der Waals surface area contributed by atoms with Gasteiger partial charge in [-0.2, -0.15) is 5.26 Å². The van der Waals surface area contributed by atoms with Crippen LogP contribution in [0.5, 0.6) is 11.5 Å². The number of benzene rings is 1. The summed E-state index contributed by atoms with van der Waals surface area (Å²) in [6.45, 7) is 3.29. The molecule has 2 rings (SSSR count). The second-order valence-corrected chi connectivity index (χ2v) is 4.30. The Bertz CT molecular complexity index is 465. The molecule has 4 heteroatoms. The molecule has 1 aliphatic rings. The largest absolute Gasteiger partial charge is 0.489 e. The average Bonchev–Trinajstić information content (AvgIpc) is 2.56. The van der Waals surface area contributed by atoms with Crippen LogP contribution in [0.2, 0.25) is 5.02 Å². The Morgan fingerprint density at radius 3 is 2.71 bits per heavy atom. The monoisotopic (exact) mass is 251 g/mol. The summed E-state index contributed by atoms with van der Waals surface area (Å²) in [4.78, 5) is 0. The van der Waals surface area contributed by atoms with Crippen LogP contribution in [0.15, 0.2) is 6.07 Å². The second-order valence-electron chi connectivity index (χ2n) is 3.89. The highest BCUT2D eigenvalue weighted by Gasteiger charge is 2.20. The summed E-state index contributed by atoms with van der Waals surface area (Å²) < 4.78 is 11.3. The van der Waals surface area contributed by atoms with E-state index in [-0.39, 0.29) is 0 Å². The Balaban J connectivity index is 2.56. The first-order valence-electron chi connectivity index (χ1n) is 5.74. The Hall–Kier alpha value is -1.40. The third kappa shape index (κ3) is 2.32. The zero-order valence-electron chi connectivity index (χ0n) is 9.75. The highest BCUT2D eigenvalue weighted by Crippen LogP contribution is 2.42. The maximum Gasteiger partial charge on any atom is 0.180 e. The summed E-state index contributed by atoms with van der Waals surface area (Å²) in [7, 11) is 0. The van der Waals surface area contributed by atoms with Crippen LogP contribution in [0.1, 0.15) is 24.5 Å². The molecule has 90 valence electrons. The molecule has 0 spiro atoms. The molecule has 0 unspecified atom stereocenters. The zero-order valence-corrected chi connectivity index (χ0v) is 10.5. The van der Waals surface area contributed by atoms with Gasteiger partial charge in [0.25, 0.3) is 0 Å². The van der Waals surface area contributed by atoms with Crippen LogP contribution in [0.25, 0.3) is 0 Å². The normalized spacial score (nSPS) is 13.9. The molecule has 0 aromatic heterocycles. The SMILES string of the molecule is CCc1c(CC#N)cc(Cl)c2c1OCCCO2. The molecule has 0 aliphatic carbocycles. The van der Waals surface area contributed by atoms with Crippen molar-refractivity contribution in [3.8, 4) is 17.6 Å². The lowest BCUT2D eigenvalue weighted by molar-refractivity contribution is 0.296. The van der Waals surface area contributed by atoms with E-state index >= 15 is 0 Å². The molecule has 3 nitrogen and oxygen atoms in total. The number of ether oxygens (including phenoxy) is 2. The molecule has 0 atom stereocenters. The fourth-order valence-electron chi connectivity index (χ4n) is 2.02. The minimum absolute atomic E-state index is 0.347. The summed E-state index contributed by atoms with van der Waals surface area (Å²) in [6.07, 6.45) is 2.00. The van der Waals surface area contributed by atoms with Crippen molar-refractivity contribution in [1.82, 2.24) is 0 Å². The van der Waals surface area contributed by atoms with Gasteiger partial charge in [0.2, 0.25) is 0 Å². The lowest BCUT2D eigenvalue weighted by Gasteiger charge is -2.16. The van der Waals surface area contributed by atoms with Gasteiger partial charge in [-0.3, -0.25) is 0 Å².